The van der Waals surface area contributed by atoms with E-state index in [-0.39, 0.29) is 11.9 Å². The Morgan fingerprint density at radius 3 is 3.00 bits per heavy atom. The number of pyridine rings is 2. The molecule has 6 heteroatoms. The molecule has 0 atom stereocenters. The van der Waals surface area contributed by atoms with E-state index in [2.05, 4.69) is 20.4 Å². The summed E-state index contributed by atoms with van der Waals surface area (Å²) in [5.41, 5.74) is 2.23. The summed E-state index contributed by atoms with van der Waals surface area (Å²) < 4.78 is 1.63. The van der Waals surface area contributed by atoms with Gasteiger partial charge in [0, 0.05) is 18.6 Å². The fraction of sp³-hybridized carbons (Fsp3) is 0.0769. The molecule has 94 valence electrons. The second-order valence-electron chi connectivity index (χ2n) is 4.14. The van der Waals surface area contributed by atoms with Gasteiger partial charge in [-0.25, -0.2) is 4.52 Å². The second kappa shape index (κ2) is 4.49. The summed E-state index contributed by atoms with van der Waals surface area (Å²) in [5.74, 6) is 0.000168. The van der Waals surface area contributed by atoms with Crippen LogP contribution in [0.3, 0.4) is 0 Å². The average molecular weight is 253 g/mol. The lowest BCUT2D eigenvalue weighted by atomic mass is 10.3. The molecule has 3 aromatic rings. The molecule has 0 bridgehead atoms. The van der Waals surface area contributed by atoms with Gasteiger partial charge in [0.1, 0.15) is 0 Å². The highest BCUT2D eigenvalue weighted by Crippen LogP contribution is 2.08. The molecule has 0 saturated heterocycles. The minimum Gasteiger partial charge on any atom is -0.289 e. The van der Waals surface area contributed by atoms with Crippen LogP contribution in [0.1, 0.15) is 15.9 Å². The number of amides is 1. The minimum atomic E-state index is -0.277. The summed E-state index contributed by atoms with van der Waals surface area (Å²) in [6.07, 6.45) is 4.96. The third kappa shape index (κ3) is 2.28. The average Bonchev–Trinajstić information content (AvgIpc) is 2.81. The molecular weight excluding hydrogens is 242 g/mol. The number of aryl methyl sites for hydroxylation is 1. The van der Waals surface area contributed by atoms with Gasteiger partial charge < -0.3 is 0 Å². The van der Waals surface area contributed by atoms with E-state index in [1.807, 2.05) is 25.3 Å². The molecule has 0 unspecified atom stereocenters. The molecule has 3 aromatic heterocycles. The number of hydrogen-bond donors (Lipinski definition) is 1. The van der Waals surface area contributed by atoms with Crippen molar-refractivity contribution in [2.45, 2.75) is 6.92 Å². The number of aromatic nitrogens is 4. The van der Waals surface area contributed by atoms with Gasteiger partial charge in [-0.05, 0) is 30.7 Å². The van der Waals surface area contributed by atoms with E-state index in [9.17, 15) is 4.79 Å². The summed E-state index contributed by atoms with van der Waals surface area (Å²) in [6.45, 7) is 1.97. The van der Waals surface area contributed by atoms with Crippen LogP contribution < -0.4 is 5.32 Å². The normalized spacial score (nSPS) is 10.6. The molecule has 0 radical (unpaired) electrons. The number of carbonyl (C=O) groups is 1. The van der Waals surface area contributed by atoms with Crippen LogP contribution in [0.25, 0.3) is 5.65 Å². The molecule has 6 nitrogen and oxygen atoms in total. The van der Waals surface area contributed by atoms with Gasteiger partial charge in [0.25, 0.3) is 5.91 Å². The zero-order chi connectivity index (χ0) is 13.2. The van der Waals surface area contributed by atoms with Crippen molar-refractivity contribution in [2.24, 2.45) is 0 Å². The fourth-order valence-electron chi connectivity index (χ4n) is 1.71. The van der Waals surface area contributed by atoms with Gasteiger partial charge in [0.05, 0.1) is 5.56 Å². The fourth-order valence-corrected chi connectivity index (χ4v) is 1.71. The third-order valence-corrected chi connectivity index (χ3v) is 2.63. The van der Waals surface area contributed by atoms with Gasteiger partial charge in [0.2, 0.25) is 5.95 Å². The van der Waals surface area contributed by atoms with Crippen LogP contribution in [0, 0.1) is 6.92 Å². The molecule has 1 amide bonds. The number of anilines is 1. The van der Waals surface area contributed by atoms with Crippen LogP contribution in [0.2, 0.25) is 0 Å². The van der Waals surface area contributed by atoms with Crippen molar-refractivity contribution in [1.29, 1.82) is 0 Å². The van der Waals surface area contributed by atoms with Crippen LogP contribution in [0.5, 0.6) is 0 Å². The molecule has 1 N–H and O–H groups in total. The highest BCUT2D eigenvalue weighted by atomic mass is 16.1. The first-order valence-electron chi connectivity index (χ1n) is 5.77. The Hall–Kier alpha value is -2.76. The lowest BCUT2D eigenvalue weighted by Crippen LogP contribution is -2.13. The Morgan fingerprint density at radius 1 is 1.32 bits per heavy atom. The first-order chi connectivity index (χ1) is 9.22. The standard InChI is InChI=1S/C13H11N5O/c1-9-4-5-11-15-13(17-18(11)8-9)16-12(19)10-3-2-6-14-7-10/h2-8H,1H3,(H,16,17,19). The summed E-state index contributed by atoms with van der Waals surface area (Å²) in [7, 11) is 0. The van der Waals surface area contributed by atoms with Crippen LogP contribution in [-0.4, -0.2) is 25.5 Å². The first kappa shape index (κ1) is 11.3. The van der Waals surface area contributed by atoms with Crippen LogP contribution >= 0.6 is 0 Å². The summed E-state index contributed by atoms with van der Waals surface area (Å²) >= 11 is 0. The molecule has 0 aliphatic heterocycles. The Labute approximate surface area is 109 Å². The molecule has 0 fully saturated rings. The number of hydrogen-bond acceptors (Lipinski definition) is 4. The number of nitrogens with zero attached hydrogens (tertiary/aromatic N) is 4. The molecule has 0 aliphatic rings. The van der Waals surface area contributed by atoms with Gasteiger partial charge in [-0.1, -0.05) is 6.07 Å². The van der Waals surface area contributed by atoms with Crippen molar-refractivity contribution in [1.82, 2.24) is 19.6 Å². The smallest absolute Gasteiger partial charge is 0.259 e. The van der Waals surface area contributed by atoms with Crippen molar-refractivity contribution in [3.8, 4) is 0 Å². The Bertz CT molecular complexity index is 735. The summed E-state index contributed by atoms with van der Waals surface area (Å²) in [6, 6.07) is 7.18. The molecule has 0 saturated carbocycles. The predicted molar refractivity (Wildman–Crippen MR) is 69.9 cm³/mol. The van der Waals surface area contributed by atoms with Crippen molar-refractivity contribution in [3.63, 3.8) is 0 Å². The van der Waals surface area contributed by atoms with Crippen LogP contribution in [-0.2, 0) is 0 Å². The number of fused-ring (bicyclic) bond motifs is 1. The van der Waals surface area contributed by atoms with Gasteiger partial charge in [-0.2, -0.15) is 4.98 Å². The van der Waals surface area contributed by atoms with Gasteiger partial charge in [-0.3, -0.25) is 15.1 Å². The van der Waals surface area contributed by atoms with Crippen molar-refractivity contribution in [3.05, 3.63) is 54.0 Å². The van der Waals surface area contributed by atoms with E-state index in [0.717, 1.165) is 5.56 Å². The van der Waals surface area contributed by atoms with Crippen LogP contribution in [0.15, 0.2) is 42.9 Å². The largest absolute Gasteiger partial charge is 0.289 e. The van der Waals surface area contributed by atoms with E-state index < -0.39 is 0 Å². The second-order valence-corrected chi connectivity index (χ2v) is 4.14. The molecule has 0 aromatic carbocycles. The number of carbonyl (C=O) groups excluding carboxylic acids is 1. The van der Waals surface area contributed by atoms with Crippen LogP contribution in [0.4, 0.5) is 5.95 Å². The maximum absolute atomic E-state index is 11.9. The van der Waals surface area contributed by atoms with E-state index in [1.165, 1.54) is 6.20 Å². The predicted octanol–water partition coefficient (Wildman–Crippen LogP) is 1.69. The highest BCUT2D eigenvalue weighted by molar-refractivity contribution is 6.03. The van der Waals surface area contributed by atoms with E-state index in [4.69, 9.17) is 0 Å². The molecule has 0 aliphatic carbocycles. The summed E-state index contributed by atoms with van der Waals surface area (Å²) in [4.78, 5) is 20.0. The molecule has 19 heavy (non-hydrogen) atoms. The first-order valence-corrected chi connectivity index (χ1v) is 5.77. The minimum absolute atomic E-state index is 0.277. The molecule has 3 rings (SSSR count). The lowest BCUT2D eigenvalue weighted by Gasteiger charge is -1.98. The lowest BCUT2D eigenvalue weighted by molar-refractivity contribution is 0.102. The maximum Gasteiger partial charge on any atom is 0.259 e. The van der Waals surface area contributed by atoms with Gasteiger partial charge in [0.15, 0.2) is 5.65 Å². The van der Waals surface area contributed by atoms with E-state index in [0.29, 0.717) is 11.2 Å². The highest BCUT2D eigenvalue weighted by Gasteiger charge is 2.09. The van der Waals surface area contributed by atoms with Crippen molar-refractivity contribution in [2.75, 3.05) is 5.32 Å². The number of rotatable bonds is 2. The topological polar surface area (TPSA) is 72.2 Å². The SMILES string of the molecule is Cc1ccc2nc(NC(=O)c3cccnc3)nn2c1. The van der Waals surface area contributed by atoms with E-state index in [1.54, 1.807) is 22.8 Å². The van der Waals surface area contributed by atoms with E-state index >= 15 is 0 Å². The summed E-state index contributed by atoms with van der Waals surface area (Å²) in [5, 5.41) is 6.84. The maximum atomic E-state index is 11.9. The zero-order valence-corrected chi connectivity index (χ0v) is 10.2. The monoisotopic (exact) mass is 253 g/mol. The molecule has 0 spiro atoms. The molecular formula is C13H11N5O. The Balaban J connectivity index is 1.87. The van der Waals surface area contributed by atoms with Gasteiger partial charge in [-0.15, -0.1) is 5.10 Å². The van der Waals surface area contributed by atoms with Gasteiger partial charge >= 0.3 is 0 Å². The van der Waals surface area contributed by atoms with Crippen molar-refractivity contribution < 1.29 is 4.79 Å². The Kier molecular flexibility index (Phi) is 2.68. The molecule has 3 heterocycles. The Morgan fingerprint density at radius 2 is 2.21 bits per heavy atom. The zero-order valence-electron chi connectivity index (χ0n) is 10.2. The quantitative estimate of drug-likeness (QED) is 0.754. The van der Waals surface area contributed by atoms with Crippen molar-refractivity contribution >= 4 is 17.5 Å². The third-order valence-electron chi connectivity index (χ3n) is 2.63. The number of nitrogens with one attached hydrogen (secondary N) is 1.